The van der Waals surface area contributed by atoms with Gasteiger partial charge in [-0.05, 0) is 12.1 Å². The highest BCUT2D eigenvalue weighted by atomic mass is 32.2. The monoisotopic (exact) mass is 303 g/mol. The summed E-state index contributed by atoms with van der Waals surface area (Å²) in [6.07, 6.45) is 1.39. The molecule has 0 aliphatic carbocycles. The first-order chi connectivity index (χ1) is 9.31. The van der Waals surface area contributed by atoms with Gasteiger partial charge in [-0.3, -0.25) is 4.68 Å². The average Bonchev–Trinajstić information content (AvgIpc) is 2.79. The molecular formula is C10H11F2N5O2S. The third kappa shape index (κ3) is 2.75. The van der Waals surface area contributed by atoms with E-state index in [-0.39, 0.29) is 12.4 Å². The van der Waals surface area contributed by atoms with Crippen LogP contribution in [0.2, 0.25) is 0 Å². The number of sulfonamides is 1. The van der Waals surface area contributed by atoms with Crippen LogP contribution in [-0.4, -0.2) is 23.2 Å². The molecule has 0 spiro atoms. The fraction of sp³-hybridized carbons (Fsp3) is 0.200. The molecule has 1 heterocycles. The Morgan fingerprint density at radius 2 is 2.10 bits per heavy atom. The number of halogens is 2. The topological polar surface area (TPSA) is 103 Å². The maximum Gasteiger partial charge on any atom is 0.243 e. The van der Waals surface area contributed by atoms with Crippen molar-refractivity contribution in [1.82, 2.24) is 19.5 Å². The molecule has 20 heavy (non-hydrogen) atoms. The molecular weight excluding hydrogens is 292 g/mol. The van der Waals surface area contributed by atoms with Crippen LogP contribution in [-0.2, 0) is 23.6 Å². The fourth-order valence-corrected chi connectivity index (χ4v) is 2.53. The number of aryl methyl sites for hydroxylation is 1. The van der Waals surface area contributed by atoms with E-state index in [1.807, 2.05) is 0 Å². The van der Waals surface area contributed by atoms with Crippen molar-refractivity contribution in [2.75, 3.05) is 5.73 Å². The second kappa shape index (κ2) is 5.13. The van der Waals surface area contributed by atoms with Gasteiger partial charge in [0, 0.05) is 7.05 Å². The molecule has 0 unspecified atom stereocenters. The Labute approximate surface area is 113 Å². The van der Waals surface area contributed by atoms with Crippen LogP contribution in [0.25, 0.3) is 0 Å². The molecule has 0 saturated carbocycles. The van der Waals surface area contributed by atoms with Gasteiger partial charge < -0.3 is 5.73 Å². The van der Waals surface area contributed by atoms with Crippen LogP contribution in [0.5, 0.6) is 0 Å². The molecule has 0 aliphatic rings. The first kappa shape index (κ1) is 14.3. The number of hydrogen-bond donors (Lipinski definition) is 2. The minimum atomic E-state index is -4.18. The van der Waals surface area contributed by atoms with E-state index in [9.17, 15) is 17.2 Å². The molecule has 10 heteroatoms. The van der Waals surface area contributed by atoms with E-state index >= 15 is 0 Å². The van der Waals surface area contributed by atoms with Gasteiger partial charge in [0.25, 0.3) is 0 Å². The Morgan fingerprint density at radius 1 is 1.40 bits per heavy atom. The maximum absolute atomic E-state index is 13.7. The first-order valence-corrected chi connectivity index (χ1v) is 6.87. The predicted octanol–water partition coefficient (Wildman–Crippen LogP) is 0.154. The van der Waals surface area contributed by atoms with Crippen molar-refractivity contribution in [2.45, 2.75) is 11.4 Å². The summed E-state index contributed by atoms with van der Waals surface area (Å²) in [6.45, 7) is -0.222. The largest absolute Gasteiger partial charge is 0.394 e. The van der Waals surface area contributed by atoms with Crippen LogP contribution in [0.3, 0.4) is 0 Å². The molecule has 1 aromatic heterocycles. The molecule has 1 aromatic carbocycles. The maximum atomic E-state index is 13.7. The number of nitrogens with zero attached hydrogens (tertiary/aromatic N) is 3. The summed E-state index contributed by atoms with van der Waals surface area (Å²) in [5, 5.41) is 3.86. The molecule has 0 aliphatic heterocycles. The van der Waals surface area contributed by atoms with Gasteiger partial charge in [-0.1, -0.05) is 0 Å². The number of aromatic nitrogens is 3. The summed E-state index contributed by atoms with van der Waals surface area (Å²) in [6, 6.07) is 1.58. The SMILES string of the molecule is Cn1cnc(CNS(=O)(=O)c2ccc(F)c(N)c2F)n1. The van der Waals surface area contributed by atoms with Gasteiger partial charge in [0.2, 0.25) is 10.0 Å². The number of nitrogens with two attached hydrogens (primary N) is 1. The summed E-state index contributed by atoms with van der Waals surface area (Å²) in [7, 11) is -2.56. The molecule has 7 nitrogen and oxygen atoms in total. The van der Waals surface area contributed by atoms with E-state index in [1.54, 1.807) is 7.05 Å². The lowest BCUT2D eigenvalue weighted by Crippen LogP contribution is -2.25. The summed E-state index contributed by atoms with van der Waals surface area (Å²) < 4.78 is 54.0. The van der Waals surface area contributed by atoms with Crippen molar-refractivity contribution in [2.24, 2.45) is 7.05 Å². The van der Waals surface area contributed by atoms with Crippen molar-refractivity contribution < 1.29 is 17.2 Å². The predicted molar refractivity (Wildman–Crippen MR) is 65.8 cm³/mol. The Hall–Kier alpha value is -2.07. The molecule has 0 bridgehead atoms. The summed E-state index contributed by atoms with van der Waals surface area (Å²) in [4.78, 5) is 3.08. The lowest BCUT2D eigenvalue weighted by atomic mass is 10.3. The van der Waals surface area contributed by atoms with Crippen LogP contribution in [0, 0.1) is 11.6 Å². The molecule has 2 rings (SSSR count). The van der Waals surface area contributed by atoms with E-state index in [1.165, 1.54) is 11.0 Å². The number of nitrogen functional groups attached to an aromatic ring is 1. The van der Waals surface area contributed by atoms with Gasteiger partial charge in [0.1, 0.15) is 22.7 Å². The Kier molecular flexibility index (Phi) is 3.68. The molecule has 2 aromatic rings. The lowest BCUT2D eigenvalue weighted by Gasteiger charge is -2.08. The van der Waals surface area contributed by atoms with Gasteiger partial charge >= 0.3 is 0 Å². The van der Waals surface area contributed by atoms with Crippen LogP contribution >= 0.6 is 0 Å². The summed E-state index contributed by atoms with van der Waals surface area (Å²) in [5.74, 6) is -2.13. The van der Waals surface area contributed by atoms with Crippen molar-refractivity contribution >= 4 is 15.7 Å². The Balaban J connectivity index is 2.25. The third-order valence-electron chi connectivity index (χ3n) is 2.45. The van der Waals surface area contributed by atoms with Gasteiger partial charge in [-0.25, -0.2) is 26.9 Å². The van der Waals surface area contributed by atoms with E-state index in [0.29, 0.717) is 0 Å². The van der Waals surface area contributed by atoms with Gasteiger partial charge in [0.05, 0.1) is 6.54 Å². The minimum absolute atomic E-state index is 0.214. The molecule has 108 valence electrons. The first-order valence-electron chi connectivity index (χ1n) is 5.39. The number of anilines is 1. The van der Waals surface area contributed by atoms with Crippen LogP contribution in [0.4, 0.5) is 14.5 Å². The van der Waals surface area contributed by atoms with Crippen LogP contribution in [0.1, 0.15) is 5.82 Å². The molecule has 0 fully saturated rings. The van der Waals surface area contributed by atoms with Crippen molar-refractivity contribution in [3.8, 4) is 0 Å². The van der Waals surface area contributed by atoms with E-state index in [2.05, 4.69) is 14.8 Å². The van der Waals surface area contributed by atoms with Crippen molar-refractivity contribution in [3.63, 3.8) is 0 Å². The Bertz CT molecular complexity index is 744. The molecule has 3 N–H and O–H groups in total. The van der Waals surface area contributed by atoms with E-state index in [4.69, 9.17) is 5.73 Å². The summed E-state index contributed by atoms with van der Waals surface area (Å²) >= 11 is 0. The summed E-state index contributed by atoms with van der Waals surface area (Å²) in [5.41, 5.74) is 4.28. The normalized spacial score (nSPS) is 11.8. The van der Waals surface area contributed by atoms with Crippen molar-refractivity contribution in [3.05, 3.63) is 35.9 Å². The number of hydrogen-bond acceptors (Lipinski definition) is 5. The lowest BCUT2D eigenvalue weighted by molar-refractivity contribution is 0.546. The molecule has 0 amide bonds. The van der Waals surface area contributed by atoms with Crippen LogP contribution < -0.4 is 10.5 Å². The van der Waals surface area contributed by atoms with Crippen LogP contribution in [0.15, 0.2) is 23.4 Å². The zero-order valence-electron chi connectivity index (χ0n) is 10.3. The molecule has 0 radical (unpaired) electrons. The average molecular weight is 303 g/mol. The Morgan fingerprint density at radius 3 is 2.70 bits per heavy atom. The smallest absolute Gasteiger partial charge is 0.243 e. The number of benzene rings is 1. The highest BCUT2D eigenvalue weighted by Gasteiger charge is 2.22. The van der Waals surface area contributed by atoms with E-state index in [0.717, 1.165) is 12.1 Å². The minimum Gasteiger partial charge on any atom is -0.394 e. The quantitative estimate of drug-likeness (QED) is 0.783. The highest BCUT2D eigenvalue weighted by Crippen LogP contribution is 2.22. The highest BCUT2D eigenvalue weighted by molar-refractivity contribution is 7.89. The van der Waals surface area contributed by atoms with Gasteiger partial charge in [-0.2, -0.15) is 5.10 Å². The zero-order valence-corrected chi connectivity index (χ0v) is 11.2. The van der Waals surface area contributed by atoms with Gasteiger partial charge in [-0.15, -0.1) is 0 Å². The fourth-order valence-electron chi connectivity index (χ4n) is 1.46. The molecule has 0 atom stereocenters. The second-order valence-corrected chi connectivity index (χ2v) is 5.67. The number of rotatable bonds is 4. The van der Waals surface area contributed by atoms with Gasteiger partial charge in [0.15, 0.2) is 11.6 Å². The third-order valence-corrected chi connectivity index (χ3v) is 3.87. The van der Waals surface area contributed by atoms with Crippen molar-refractivity contribution in [1.29, 1.82) is 0 Å². The number of nitrogens with one attached hydrogen (secondary N) is 1. The second-order valence-electron chi connectivity index (χ2n) is 3.93. The molecule has 0 saturated heterocycles. The standard InChI is InChI=1S/C10H11F2N5O2S/c1-17-5-14-8(16-17)4-15-20(18,19)7-3-2-6(11)10(13)9(7)12/h2-3,5,15H,4,13H2,1H3. The van der Waals surface area contributed by atoms with E-state index < -0.39 is 32.2 Å². The zero-order chi connectivity index (χ0) is 14.9.